The third kappa shape index (κ3) is 7.07. The third-order valence-corrected chi connectivity index (χ3v) is 4.75. The predicted molar refractivity (Wildman–Crippen MR) is 121 cm³/mol. The first-order valence-corrected chi connectivity index (χ1v) is 10.1. The normalized spacial score (nSPS) is 13.5. The van der Waals surface area contributed by atoms with Gasteiger partial charge in [-0.25, -0.2) is 0 Å². The van der Waals surface area contributed by atoms with E-state index in [4.69, 9.17) is 21.7 Å². The van der Waals surface area contributed by atoms with Crippen LogP contribution in [0.5, 0.6) is 5.75 Å². The van der Waals surface area contributed by atoms with E-state index in [2.05, 4.69) is 10.6 Å². The zero-order chi connectivity index (χ0) is 23.0. The summed E-state index contributed by atoms with van der Waals surface area (Å²) in [5, 5.41) is 13.7. The van der Waals surface area contributed by atoms with Crippen LogP contribution in [0, 0.1) is 5.41 Å². The molecule has 2 atom stereocenters. The van der Waals surface area contributed by atoms with Crippen molar-refractivity contribution < 1.29 is 18.3 Å². The number of rotatable bonds is 10. The van der Waals surface area contributed by atoms with Crippen LogP contribution in [0.25, 0.3) is 0 Å². The van der Waals surface area contributed by atoms with Crippen molar-refractivity contribution in [2.45, 2.75) is 38.8 Å². The number of hydrogen-bond acceptors (Lipinski definition) is 4. The molecule has 1 amide bonds. The lowest BCUT2D eigenvalue weighted by atomic mass is 10.0. The lowest BCUT2D eigenvalue weighted by Crippen LogP contribution is -2.46. The number of hydrogen-bond donors (Lipinski definition) is 3. The van der Waals surface area contributed by atoms with Crippen LogP contribution in [-0.2, 0) is 4.79 Å². The lowest BCUT2D eigenvalue weighted by Gasteiger charge is -2.27. The van der Waals surface area contributed by atoms with E-state index in [9.17, 15) is 13.6 Å². The molecule has 0 aliphatic carbocycles. The topological polar surface area (TPSA) is 74.2 Å². The first kappa shape index (κ1) is 24.3. The molecule has 5 nitrogen and oxygen atoms in total. The Morgan fingerprint density at radius 1 is 1.26 bits per heavy atom. The fraction of sp³-hybridized carbons (Fsp3) is 0.304. The molecule has 2 aromatic rings. The molecule has 2 rings (SSSR count). The summed E-state index contributed by atoms with van der Waals surface area (Å²) in [6.07, 6.45) is 4.30. The minimum absolute atomic E-state index is 0.430. The minimum Gasteiger partial charge on any atom is -0.484 e. The summed E-state index contributed by atoms with van der Waals surface area (Å²) in [6, 6.07) is 11.2. The van der Waals surface area contributed by atoms with Gasteiger partial charge in [-0.15, -0.1) is 0 Å². The number of halogens is 3. The zero-order valence-corrected chi connectivity index (χ0v) is 18.3. The Morgan fingerprint density at radius 3 is 2.52 bits per heavy atom. The van der Waals surface area contributed by atoms with Gasteiger partial charge >= 0.3 is 5.92 Å². The number of anilines is 1. The average molecular weight is 450 g/mol. The van der Waals surface area contributed by atoms with E-state index in [1.54, 1.807) is 49.4 Å². The molecule has 1 unspecified atom stereocenters. The van der Waals surface area contributed by atoms with Crippen LogP contribution < -0.4 is 15.4 Å². The highest BCUT2D eigenvalue weighted by atomic mass is 35.5. The highest BCUT2D eigenvalue weighted by Gasteiger charge is 2.35. The maximum atomic E-state index is 13.4. The van der Waals surface area contributed by atoms with Crippen LogP contribution in [0.15, 0.2) is 54.6 Å². The molecule has 0 bridgehead atoms. The minimum atomic E-state index is -3.51. The molecule has 0 aliphatic rings. The Bertz CT molecular complexity index is 927. The molecule has 3 N–H and O–H groups in total. The monoisotopic (exact) mass is 449 g/mol. The molecule has 166 valence electrons. The van der Waals surface area contributed by atoms with Crippen LogP contribution in [0.2, 0.25) is 5.02 Å². The van der Waals surface area contributed by atoms with Gasteiger partial charge in [-0.05, 0) is 49.7 Å². The standard InChI is InChI=1S/C23H26ClF2N3O2/c1-4-5-12-28-20-11-10-19(13-17(20)14-27)31-21(16-6-8-18(24)9-7-16)15(2)29-22(30)23(3,25)26/h4-11,13-15,21,27-28H,12H2,1-3H3,(H,29,30)/b5-4-,27-14?/t15?,21-/m0/s1. The molecule has 31 heavy (non-hydrogen) atoms. The van der Waals surface area contributed by atoms with Gasteiger partial charge in [0.15, 0.2) is 0 Å². The van der Waals surface area contributed by atoms with Crippen LogP contribution in [0.1, 0.15) is 38.0 Å². The summed E-state index contributed by atoms with van der Waals surface area (Å²) in [5.74, 6) is -4.46. The number of amides is 1. The van der Waals surface area contributed by atoms with Gasteiger partial charge in [0.1, 0.15) is 11.9 Å². The van der Waals surface area contributed by atoms with Gasteiger partial charge in [0.25, 0.3) is 5.91 Å². The predicted octanol–water partition coefficient (Wildman–Crippen LogP) is 5.61. The van der Waals surface area contributed by atoms with Gasteiger partial charge in [0.2, 0.25) is 0 Å². The van der Waals surface area contributed by atoms with E-state index >= 15 is 0 Å². The van der Waals surface area contributed by atoms with Crippen molar-refractivity contribution >= 4 is 29.4 Å². The number of benzene rings is 2. The molecule has 0 aliphatic heterocycles. The Kier molecular flexibility index (Phi) is 8.56. The van der Waals surface area contributed by atoms with E-state index in [-0.39, 0.29) is 0 Å². The van der Waals surface area contributed by atoms with Crippen molar-refractivity contribution in [3.8, 4) is 5.75 Å². The van der Waals surface area contributed by atoms with Crippen molar-refractivity contribution in [2.24, 2.45) is 0 Å². The molecule has 2 aromatic carbocycles. The van der Waals surface area contributed by atoms with E-state index in [1.165, 1.54) is 6.21 Å². The van der Waals surface area contributed by atoms with Crippen LogP contribution >= 0.6 is 11.6 Å². The largest absolute Gasteiger partial charge is 0.484 e. The quantitative estimate of drug-likeness (QED) is 0.326. The molecule has 8 heteroatoms. The maximum Gasteiger partial charge on any atom is 0.321 e. The summed E-state index contributed by atoms with van der Waals surface area (Å²) >= 11 is 5.96. The summed E-state index contributed by atoms with van der Waals surface area (Å²) < 4.78 is 32.9. The van der Waals surface area contributed by atoms with Crippen LogP contribution in [0.4, 0.5) is 14.5 Å². The number of allylic oxidation sites excluding steroid dienone is 1. The molecule has 0 saturated carbocycles. The fourth-order valence-corrected chi connectivity index (χ4v) is 2.97. The fourth-order valence-electron chi connectivity index (χ4n) is 2.85. The van der Waals surface area contributed by atoms with Gasteiger partial charge in [0, 0.05) is 36.0 Å². The molecule has 0 heterocycles. The van der Waals surface area contributed by atoms with E-state index < -0.39 is 24.0 Å². The van der Waals surface area contributed by atoms with Gasteiger partial charge in [0.05, 0.1) is 6.04 Å². The van der Waals surface area contributed by atoms with Crippen molar-refractivity contribution in [2.75, 3.05) is 11.9 Å². The Labute approximate surface area is 186 Å². The summed E-state index contributed by atoms with van der Waals surface area (Å²) in [6.45, 7) is 4.66. The SMILES string of the molecule is C/C=C\CNc1ccc(O[C@H](c2ccc(Cl)cc2)C(C)NC(=O)C(C)(F)F)cc1C=N. The number of nitrogens with one attached hydrogen (secondary N) is 3. The second-order valence-corrected chi connectivity index (χ2v) is 7.52. The molecule has 0 fully saturated rings. The van der Waals surface area contributed by atoms with Gasteiger partial charge in [-0.3, -0.25) is 4.79 Å². The van der Waals surface area contributed by atoms with Gasteiger partial charge < -0.3 is 20.8 Å². The lowest BCUT2D eigenvalue weighted by molar-refractivity contribution is -0.144. The summed E-state index contributed by atoms with van der Waals surface area (Å²) in [5.41, 5.74) is 2.02. The Morgan fingerprint density at radius 2 is 1.94 bits per heavy atom. The number of alkyl halides is 2. The average Bonchev–Trinajstić information content (AvgIpc) is 2.72. The smallest absolute Gasteiger partial charge is 0.321 e. The second-order valence-electron chi connectivity index (χ2n) is 7.08. The first-order chi connectivity index (χ1) is 14.7. The molecular formula is C23H26ClF2N3O2. The van der Waals surface area contributed by atoms with E-state index in [1.807, 2.05) is 19.1 Å². The molecular weight excluding hydrogens is 424 g/mol. The second kappa shape index (κ2) is 10.9. The van der Waals surface area contributed by atoms with E-state index in [0.717, 1.165) is 5.69 Å². The molecule has 0 saturated heterocycles. The number of carbonyl (C=O) groups excluding carboxylic acids is 1. The number of carbonyl (C=O) groups is 1. The van der Waals surface area contributed by atoms with Crippen molar-refractivity contribution in [3.63, 3.8) is 0 Å². The van der Waals surface area contributed by atoms with Crippen LogP contribution in [0.3, 0.4) is 0 Å². The molecule has 0 aromatic heterocycles. The van der Waals surface area contributed by atoms with E-state index in [0.29, 0.717) is 35.4 Å². The van der Waals surface area contributed by atoms with Gasteiger partial charge in [-0.1, -0.05) is 35.9 Å². The zero-order valence-electron chi connectivity index (χ0n) is 17.6. The summed E-state index contributed by atoms with van der Waals surface area (Å²) in [4.78, 5) is 11.8. The van der Waals surface area contributed by atoms with Gasteiger partial charge in [-0.2, -0.15) is 8.78 Å². The highest BCUT2D eigenvalue weighted by molar-refractivity contribution is 6.30. The maximum absolute atomic E-state index is 13.4. The highest BCUT2D eigenvalue weighted by Crippen LogP contribution is 2.29. The summed E-state index contributed by atoms with van der Waals surface area (Å²) in [7, 11) is 0. The molecule has 0 spiro atoms. The van der Waals surface area contributed by atoms with Crippen molar-refractivity contribution in [1.29, 1.82) is 5.41 Å². The molecule has 0 radical (unpaired) electrons. The Balaban J connectivity index is 2.31. The number of ether oxygens (including phenoxy) is 1. The van der Waals surface area contributed by atoms with Crippen molar-refractivity contribution in [1.82, 2.24) is 5.32 Å². The first-order valence-electron chi connectivity index (χ1n) is 9.76. The third-order valence-electron chi connectivity index (χ3n) is 4.50. The van der Waals surface area contributed by atoms with Crippen molar-refractivity contribution in [3.05, 3.63) is 70.8 Å². The van der Waals surface area contributed by atoms with Crippen LogP contribution in [-0.4, -0.2) is 30.6 Å². The Hall–Kier alpha value is -2.93.